The van der Waals surface area contributed by atoms with E-state index in [1.54, 1.807) is 25.4 Å². The van der Waals surface area contributed by atoms with Crippen LogP contribution in [0.4, 0.5) is 15.9 Å². The normalized spacial score (nSPS) is 11.2. The number of rotatable bonds is 4. The van der Waals surface area contributed by atoms with Crippen molar-refractivity contribution in [2.45, 2.75) is 6.92 Å². The molecule has 0 unspecified atom stereocenters. The van der Waals surface area contributed by atoms with Crippen LogP contribution in [-0.2, 0) is 7.05 Å². The highest BCUT2D eigenvalue weighted by Crippen LogP contribution is 2.33. The number of fused-ring (bicyclic) bond motifs is 2. The molecule has 0 atom stereocenters. The molecule has 30 heavy (non-hydrogen) atoms. The molecule has 148 valence electrons. The van der Waals surface area contributed by atoms with Crippen LogP contribution in [0.15, 0.2) is 67.3 Å². The van der Waals surface area contributed by atoms with Crippen molar-refractivity contribution in [1.29, 1.82) is 0 Å². The van der Waals surface area contributed by atoms with E-state index in [1.807, 2.05) is 54.1 Å². The predicted octanol–water partition coefficient (Wildman–Crippen LogP) is 5.50. The van der Waals surface area contributed by atoms with E-state index in [2.05, 4.69) is 20.3 Å². The maximum Gasteiger partial charge on any atom is 0.153 e. The van der Waals surface area contributed by atoms with Gasteiger partial charge in [-0.15, -0.1) is 0 Å². The van der Waals surface area contributed by atoms with Gasteiger partial charge < -0.3 is 14.6 Å². The summed E-state index contributed by atoms with van der Waals surface area (Å²) in [4.78, 5) is 12.8. The van der Waals surface area contributed by atoms with Gasteiger partial charge >= 0.3 is 0 Å². The lowest BCUT2D eigenvalue weighted by molar-refractivity contribution is 0.472. The van der Waals surface area contributed by atoms with Gasteiger partial charge in [-0.3, -0.25) is 0 Å². The molecule has 2 heterocycles. The van der Waals surface area contributed by atoms with E-state index >= 15 is 4.39 Å². The van der Waals surface area contributed by atoms with E-state index in [0.29, 0.717) is 28.6 Å². The van der Waals surface area contributed by atoms with Crippen LogP contribution in [-0.4, -0.2) is 19.5 Å². The minimum atomic E-state index is -0.394. The Balaban J connectivity index is 1.45. The van der Waals surface area contributed by atoms with Crippen LogP contribution < -0.4 is 10.1 Å². The smallest absolute Gasteiger partial charge is 0.153 e. The molecule has 1 N–H and O–H groups in total. The monoisotopic (exact) mass is 399 g/mol. The predicted molar refractivity (Wildman–Crippen MR) is 115 cm³/mol. The molecule has 7 heteroatoms. The fraction of sp³-hybridized carbons (Fsp3) is 0.0870. The second kappa shape index (κ2) is 7.11. The molecule has 6 nitrogen and oxygen atoms in total. The molecule has 0 aliphatic carbocycles. The van der Waals surface area contributed by atoms with Crippen LogP contribution in [0.2, 0.25) is 0 Å². The molecule has 0 saturated heterocycles. The average Bonchev–Trinajstić information content (AvgIpc) is 3.14. The number of benzene rings is 3. The summed E-state index contributed by atoms with van der Waals surface area (Å²) in [5.74, 6) is 1.20. The van der Waals surface area contributed by atoms with Crippen LogP contribution >= 0.6 is 0 Å². The molecule has 0 saturated carbocycles. The minimum absolute atomic E-state index is 0.323. The highest BCUT2D eigenvalue weighted by molar-refractivity contribution is 5.90. The molecule has 2 aromatic heterocycles. The van der Waals surface area contributed by atoms with Gasteiger partial charge in [0, 0.05) is 24.1 Å². The van der Waals surface area contributed by atoms with Crippen LogP contribution in [0.1, 0.15) is 5.56 Å². The van der Waals surface area contributed by atoms with Gasteiger partial charge in [-0.25, -0.2) is 19.3 Å². The first-order chi connectivity index (χ1) is 14.6. The standard InChI is InChI=1S/C23H18FN5O/c1-14-21(30-15-7-9-20-19(11-15)27-13-29(20)2)10-8-18(22(14)24)28-23-16-5-3-4-6-17(16)25-12-26-23/h3-13H,1-2H3,(H,25,26,28). The van der Waals surface area contributed by atoms with Gasteiger partial charge in [0.15, 0.2) is 5.82 Å². The third kappa shape index (κ3) is 3.10. The van der Waals surface area contributed by atoms with Crippen molar-refractivity contribution in [2.24, 2.45) is 7.05 Å². The lowest BCUT2D eigenvalue weighted by Gasteiger charge is -2.14. The Bertz CT molecular complexity index is 1390. The van der Waals surface area contributed by atoms with Gasteiger partial charge in [-0.2, -0.15) is 0 Å². The average molecular weight is 399 g/mol. The number of para-hydroxylation sites is 1. The van der Waals surface area contributed by atoms with Gasteiger partial charge in [0.25, 0.3) is 0 Å². The lowest BCUT2D eigenvalue weighted by Crippen LogP contribution is -2.00. The molecule has 0 bridgehead atoms. The number of aromatic nitrogens is 4. The van der Waals surface area contributed by atoms with E-state index in [1.165, 1.54) is 6.33 Å². The Hall–Kier alpha value is -4.00. The van der Waals surface area contributed by atoms with Gasteiger partial charge in [0.1, 0.15) is 23.6 Å². The van der Waals surface area contributed by atoms with E-state index in [0.717, 1.165) is 21.9 Å². The minimum Gasteiger partial charge on any atom is -0.457 e. The fourth-order valence-corrected chi connectivity index (χ4v) is 3.41. The highest BCUT2D eigenvalue weighted by Gasteiger charge is 2.14. The topological polar surface area (TPSA) is 64.9 Å². The van der Waals surface area contributed by atoms with Crippen molar-refractivity contribution in [3.8, 4) is 11.5 Å². The number of imidazole rings is 1. The SMILES string of the molecule is Cc1c(Oc2ccc3c(c2)ncn3C)ccc(Nc2ncnc3ccccc23)c1F. The van der Waals surface area contributed by atoms with E-state index in [9.17, 15) is 0 Å². The molecule has 0 amide bonds. The van der Waals surface area contributed by atoms with Crippen LogP contribution in [0, 0.1) is 12.7 Å². The lowest BCUT2D eigenvalue weighted by atomic mass is 10.1. The number of halogens is 1. The number of nitrogens with zero attached hydrogens (tertiary/aromatic N) is 4. The molecule has 0 aliphatic rings. The number of nitrogens with one attached hydrogen (secondary N) is 1. The second-order valence-electron chi connectivity index (χ2n) is 7.02. The van der Waals surface area contributed by atoms with Gasteiger partial charge in [-0.1, -0.05) is 12.1 Å². The molecule has 0 radical (unpaired) electrons. The molecule has 0 fully saturated rings. The van der Waals surface area contributed by atoms with Crippen molar-refractivity contribution >= 4 is 33.4 Å². The zero-order chi connectivity index (χ0) is 20.7. The molecular weight excluding hydrogens is 381 g/mol. The summed E-state index contributed by atoms with van der Waals surface area (Å²) >= 11 is 0. The van der Waals surface area contributed by atoms with Crippen molar-refractivity contribution in [3.05, 3.63) is 78.6 Å². The van der Waals surface area contributed by atoms with Crippen molar-refractivity contribution < 1.29 is 9.13 Å². The Morgan fingerprint density at radius 1 is 0.967 bits per heavy atom. The maximum atomic E-state index is 15.1. The number of anilines is 2. The Labute approximate surface area is 172 Å². The van der Waals surface area contributed by atoms with Crippen molar-refractivity contribution in [2.75, 3.05) is 5.32 Å². The number of hydrogen-bond acceptors (Lipinski definition) is 5. The molecule has 5 rings (SSSR count). The summed E-state index contributed by atoms with van der Waals surface area (Å²) < 4.78 is 23.0. The first-order valence-corrected chi connectivity index (χ1v) is 9.45. The van der Waals surface area contributed by atoms with E-state index in [-0.39, 0.29) is 0 Å². The molecule has 0 spiro atoms. The summed E-state index contributed by atoms with van der Waals surface area (Å²) in [7, 11) is 1.93. The Morgan fingerprint density at radius 2 is 1.83 bits per heavy atom. The Kier molecular flexibility index (Phi) is 4.28. The first-order valence-electron chi connectivity index (χ1n) is 9.45. The quantitative estimate of drug-likeness (QED) is 0.432. The molecular formula is C23H18FN5O. The van der Waals surface area contributed by atoms with Crippen molar-refractivity contribution in [1.82, 2.24) is 19.5 Å². The molecule has 0 aliphatic heterocycles. The summed E-state index contributed by atoms with van der Waals surface area (Å²) in [6.07, 6.45) is 3.21. The zero-order valence-corrected chi connectivity index (χ0v) is 16.4. The molecule has 3 aromatic carbocycles. The summed E-state index contributed by atoms with van der Waals surface area (Å²) in [5, 5.41) is 3.90. The van der Waals surface area contributed by atoms with Crippen molar-refractivity contribution in [3.63, 3.8) is 0 Å². The van der Waals surface area contributed by atoms with Gasteiger partial charge in [0.2, 0.25) is 0 Å². The largest absolute Gasteiger partial charge is 0.457 e. The van der Waals surface area contributed by atoms with Crippen LogP contribution in [0.25, 0.3) is 21.9 Å². The zero-order valence-electron chi connectivity index (χ0n) is 16.4. The second-order valence-corrected chi connectivity index (χ2v) is 7.02. The van der Waals surface area contributed by atoms with Gasteiger partial charge in [0.05, 0.1) is 28.6 Å². The first kappa shape index (κ1) is 18.1. The van der Waals surface area contributed by atoms with E-state index < -0.39 is 5.82 Å². The Morgan fingerprint density at radius 3 is 2.73 bits per heavy atom. The maximum absolute atomic E-state index is 15.1. The number of ether oxygens (including phenoxy) is 1. The van der Waals surface area contributed by atoms with Gasteiger partial charge in [-0.05, 0) is 43.3 Å². The van der Waals surface area contributed by atoms with Crippen LogP contribution in [0.3, 0.4) is 0 Å². The third-order valence-electron chi connectivity index (χ3n) is 5.06. The summed E-state index contributed by atoms with van der Waals surface area (Å²) in [6.45, 7) is 1.69. The van der Waals surface area contributed by atoms with Crippen LogP contribution in [0.5, 0.6) is 11.5 Å². The number of aryl methyl sites for hydroxylation is 1. The fourth-order valence-electron chi connectivity index (χ4n) is 3.41. The summed E-state index contributed by atoms with van der Waals surface area (Å²) in [5.41, 5.74) is 3.34. The third-order valence-corrected chi connectivity index (χ3v) is 5.06. The summed E-state index contributed by atoms with van der Waals surface area (Å²) in [6, 6.07) is 16.6. The highest BCUT2D eigenvalue weighted by atomic mass is 19.1. The number of hydrogen-bond donors (Lipinski definition) is 1. The molecule has 5 aromatic rings. The van der Waals surface area contributed by atoms with E-state index in [4.69, 9.17) is 4.74 Å².